The molecule has 0 radical (unpaired) electrons. The molecule has 0 amide bonds. The van der Waals surface area contributed by atoms with Crippen LogP contribution in [0, 0.1) is 11.3 Å². The summed E-state index contributed by atoms with van der Waals surface area (Å²) < 4.78 is 10.4. The van der Waals surface area contributed by atoms with Crippen molar-refractivity contribution in [1.29, 1.82) is 0 Å². The molecular formula is C18H22ClNO4. The van der Waals surface area contributed by atoms with E-state index in [-0.39, 0.29) is 18.0 Å². The van der Waals surface area contributed by atoms with E-state index in [0.29, 0.717) is 11.6 Å². The van der Waals surface area contributed by atoms with Crippen molar-refractivity contribution in [2.45, 2.75) is 38.3 Å². The first kappa shape index (κ1) is 17.2. The summed E-state index contributed by atoms with van der Waals surface area (Å²) in [5, 5.41) is 4.00. The van der Waals surface area contributed by atoms with Crippen LogP contribution in [0.5, 0.6) is 0 Å². The maximum absolute atomic E-state index is 12.7. The Hall–Kier alpha value is -1.59. The van der Waals surface area contributed by atoms with Gasteiger partial charge in [-0.1, -0.05) is 23.7 Å². The van der Waals surface area contributed by atoms with E-state index in [4.69, 9.17) is 21.1 Å². The number of hydrogen-bond donors (Lipinski definition) is 1. The highest BCUT2D eigenvalue weighted by Gasteiger charge is 2.73. The molecule has 2 aliphatic rings. The van der Waals surface area contributed by atoms with Crippen molar-refractivity contribution < 1.29 is 19.1 Å². The molecule has 1 aliphatic carbocycles. The van der Waals surface area contributed by atoms with Crippen LogP contribution in [-0.2, 0) is 19.1 Å². The molecule has 1 saturated carbocycles. The summed E-state index contributed by atoms with van der Waals surface area (Å²) in [6.07, 6.45) is 1.58. The van der Waals surface area contributed by atoms with Crippen molar-refractivity contribution in [1.82, 2.24) is 5.32 Å². The number of ether oxygens (including phenoxy) is 2. The average Bonchev–Trinajstić information content (AvgIpc) is 3.31. The average molecular weight is 352 g/mol. The first-order chi connectivity index (χ1) is 11.4. The molecule has 1 N–H and O–H groups in total. The smallest absolute Gasteiger partial charge is 0.326 e. The fraction of sp³-hybridized carbons (Fsp3) is 0.556. The topological polar surface area (TPSA) is 64.6 Å². The molecule has 24 heavy (non-hydrogen) atoms. The third-order valence-electron chi connectivity index (χ3n) is 5.52. The fourth-order valence-corrected chi connectivity index (χ4v) is 4.25. The summed E-state index contributed by atoms with van der Waals surface area (Å²) >= 11 is 5.98. The molecule has 0 bridgehead atoms. The lowest BCUT2D eigenvalue weighted by molar-refractivity contribution is -0.154. The molecular weight excluding hydrogens is 330 g/mol. The van der Waals surface area contributed by atoms with Gasteiger partial charge < -0.3 is 9.47 Å². The highest BCUT2D eigenvalue weighted by molar-refractivity contribution is 6.30. The zero-order valence-corrected chi connectivity index (χ0v) is 14.9. The van der Waals surface area contributed by atoms with Crippen LogP contribution in [0.4, 0.5) is 0 Å². The number of hydrogen-bond acceptors (Lipinski definition) is 5. The second-order valence-electron chi connectivity index (χ2n) is 6.68. The first-order valence-corrected chi connectivity index (χ1v) is 8.55. The zero-order valence-electron chi connectivity index (χ0n) is 14.1. The number of nitrogens with one attached hydrogen (secondary N) is 1. The van der Waals surface area contributed by atoms with Crippen LogP contribution in [0.15, 0.2) is 24.3 Å². The van der Waals surface area contributed by atoms with Crippen molar-refractivity contribution in [2.75, 3.05) is 13.7 Å². The zero-order chi connectivity index (χ0) is 17.5. The van der Waals surface area contributed by atoms with Gasteiger partial charge in [0, 0.05) is 16.5 Å². The molecule has 1 aromatic rings. The molecule has 3 rings (SSSR count). The van der Waals surface area contributed by atoms with Crippen LogP contribution < -0.4 is 5.32 Å². The van der Waals surface area contributed by atoms with E-state index in [0.717, 1.165) is 18.4 Å². The lowest BCUT2D eigenvalue weighted by atomic mass is 9.75. The van der Waals surface area contributed by atoms with Gasteiger partial charge in [-0.25, -0.2) is 0 Å². The SMILES string of the molecule is CCOC(=O)[C@H]1[C@@H](c2ccc(Cl)cc2)N[C@@](C)(C(=O)OC)C12CC2. The number of benzene rings is 1. The number of halogens is 1. The van der Waals surface area contributed by atoms with E-state index in [2.05, 4.69) is 5.32 Å². The molecule has 1 saturated heterocycles. The Morgan fingerprint density at radius 1 is 1.29 bits per heavy atom. The van der Waals surface area contributed by atoms with Gasteiger partial charge in [-0.15, -0.1) is 0 Å². The van der Waals surface area contributed by atoms with Gasteiger partial charge in [-0.2, -0.15) is 0 Å². The van der Waals surface area contributed by atoms with Crippen molar-refractivity contribution in [2.24, 2.45) is 11.3 Å². The van der Waals surface area contributed by atoms with Crippen LogP contribution in [0.25, 0.3) is 0 Å². The standard InChI is InChI=1S/C18H22ClNO4/c1-4-24-15(21)13-14(11-5-7-12(19)8-6-11)20-17(2,16(22)23-3)18(13)9-10-18/h5-8,13-14,20H,4,9-10H2,1-3H3/t13-,14-,17+/m1/s1. The molecule has 2 fully saturated rings. The van der Waals surface area contributed by atoms with Gasteiger partial charge in [-0.3, -0.25) is 14.9 Å². The minimum absolute atomic E-state index is 0.268. The summed E-state index contributed by atoms with van der Waals surface area (Å²) in [5.74, 6) is -1.04. The quantitative estimate of drug-likeness (QED) is 0.845. The van der Waals surface area contributed by atoms with E-state index in [9.17, 15) is 9.59 Å². The monoisotopic (exact) mass is 351 g/mol. The largest absolute Gasteiger partial charge is 0.468 e. The van der Waals surface area contributed by atoms with E-state index < -0.39 is 16.9 Å². The van der Waals surface area contributed by atoms with E-state index in [1.54, 1.807) is 19.1 Å². The van der Waals surface area contributed by atoms with Gasteiger partial charge in [0.25, 0.3) is 0 Å². The summed E-state index contributed by atoms with van der Waals surface area (Å²) in [6.45, 7) is 3.93. The molecule has 3 atom stereocenters. The van der Waals surface area contributed by atoms with Crippen molar-refractivity contribution >= 4 is 23.5 Å². The van der Waals surface area contributed by atoms with E-state index in [1.165, 1.54) is 7.11 Å². The number of carbonyl (C=O) groups excluding carboxylic acids is 2. The van der Waals surface area contributed by atoms with Crippen molar-refractivity contribution in [3.8, 4) is 0 Å². The summed E-state index contributed by atoms with van der Waals surface area (Å²) in [5.41, 5.74) is -0.462. The summed E-state index contributed by atoms with van der Waals surface area (Å²) in [4.78, 5) is 25.2. The highest BCUT2D eigenvalue weighted by Crippen LogP contribution is 2.67. The van der Waals surface area contributed by atoms with Crippen LogP contribution in [0.1, 0.15) is 38.3 Å². The Balaban J connectivity index is 2.05. The highest BCUT2D eigenvalue weighted by atomic mass is 35.5. The minimum atomic E-state index is -0.913. The maximum atomic E-state index is 12.7. The van der Waals surface area contributed by atoms with Crippen molar-refractivity contribution in [3.05, 3.63) is 34.9 Å². The van der Waals surface area contributed by atoms with Crippen molar-refractivity contribution in [3.63, 3.8) is 0 Å². The second kappa shape index (κ2) is 6.05. The third kappa shape index (κ3) is 2.42. The Kier molecular flexibility index (Phi) is 4.34. The lowest BCUT2D eigenvalue weighted by Gasteiger charge is -2.30. The Morgan fingerprint density at radius 2 is 1.92 bits per heavy atom. The van der Waals surface area contributed by atoms with E-state index in [1.807, 2.05) is 19.1 Å². The molecule has 5 nitrogen and oxygen atoms in total. The Morgan fingerprint density at radius 3 is 2.42 bits per heavy atom. The fourth-order valence-electron chi connectivity index (χ4n) is 4.12. The van der Waals surface area contributed by atoms with Crippen LogP contribution in [0.2, 0.25) is 5.02 Å². The van der Waals surface area contributed by atoms with Crippen LogP contribution in [-0.4, -0.2) is 31.2 Å². The Labute approximate surface area is 146 Å². The van der Waals surface area contributed by atoms with Gasteiger partial charge in [-0.05, 0) is 44.4 Å². The number of rotatable bonds is 4. The minimum Gasteiger partial charge on any atom is -0.468 e. The van der Waals surface area contributed by atoms with Gasteiger partial charge in [0.05, 0.1) is 19.6 Å². The predicted octanol–water partition coefficient (Wildman–Crippen LogP) is 2.88. The lowest BCUT2D eigenvalue weighted by Crippen LogP contribution is -2.52. The predicted molar refractivity (Wildman–Crippen MR) is 89.5 cm³/mol. The molecule has 1 heterocycles. The molecule has 1 aromatic carbocycles. The van der Waals surface area contributed by atoms with Gasteiger partial charge >= 0.3 is 11.9 Å². The molecule has 0 unspecified atom stereocenters. The van der Waals surface area contributed by atoms with Crippen LogP contribution in [0.3, 0.4) is 0 Å². The van der Waals surface area contributed by atoms with Gasteiger partial charge in [0.2, 0.25) is 0 Å². The molecule has 6 heteroatoms. The van der Waals surface area contributed by atoms with Gasteiger partial charge in [0.1, 0.15) is 5.54 Å². The molecule has 1 aliphatic heterocycles. The maximum Gasteiger partial charge on any atom is 0.326 e. The number of esters is 2. The van der Waals surface area contributed by atoms with E-state index >= 15 is 0 Å². The Bertz CT molecular complexity index is 655. The van der Waals surface area contributed by atoms with Gasteiger partial charge in [0.15, 0.2) is 0 Å². The second-order valence-corrected chi connectivity index (χ2v) is 7.11. The summed E-state index contributed by atoms with van der Waals surface area (Å²) in [7, 11) is 1.38. The number of methoxy groups -OCH3 is 1. The molecule has 1 spiro atoms. The van der Waals surface area contributed by atoms with Crippen LogP contribution >= 0.6 is 11.6 Å². The molecule has 130 valence electrons. The third-order valence-corrected chi connectivity index (χ3v) is 5.77. The summed E-state index contributed by atoms with van der Waals surface area (Å²) in [6, 6.07) is 7.02. The first-order valence-electron chi connectivity index (χ1n) is 8.18. The number of carbonyl (C=O) groups is 2. The normalized spacial score (nSPS) is 30.2. The molecule has 0 aromatic heterocycles.